The molecule has 0 spiro atoms. The van der Waals surface area contributed by atoms with Crippen LogP contribution >= 0.6 is 22.7 Å². The number of carbonyl (C=O) groups is 1. The van der Waals surface area contributed by atoms with Gasteiger partial charge in [0, 0.05) is 91.3 Å². The molecule has 10 aromatic heterocycles. The lowest BCUT2D eigenvalue weighted by molar-refractivity contribution is -0.116. The van der Waals surface area contributed by atoms with Crippen molar-refractivity contribution < 1.29 is 13.6 Å². The second-order valence-electron chi connectivity index (χ2n) is 16.9. The number of benzene rings is 2. The average molecular weight is 936 g/mol. The molecule has 18 heteroatoms. The van der Waals surface area contributed by atoms with E-state index in [2.05, 4.69) is 63.5 Å². The fourth-order valence-electron chi connectivity index (χ4n) is 8.72. The van der Waals surface area contributed by atoms with Gasteiger partial charge in [-0.1, -0.05) is 19.9 Å². The molecule has 0 bridgehead atoms. The van der Waals surface area contributed by atoms with E-state index in [1.54, 1.807) is 49.4 Å². The van der Waals surface area contributed by atoms with Crippen molar-refractivity contribution in [2.24, 2.45) is 5.92 Å². The van der Waals surface area contributed by atoms with E-state index in [9.17, 15) is 9.18 Å². The summed E-state index contributed by atoms with van der Waals surface area (Å²) in [5.74, 6) is 1.01. The van der Waals surface area contributed by atoms with Crippen molar-refractivity contribution in [3.63, 3.8) is 0 Å². The van der Waals surface area contributed by atoms with Gasteiger partial charge in [-0.2, -0.15) is 19.0 Å². The molecule has 1 amide bonds. The number of aryl methyl sites for hydroxylation is 1. The highest BCUT2D eigenvalue weighted by molar-refractivity contribution is 7.14. The van der Waals surface area contributed by atoms with Gasteiger partial charge in [0.1, 0.15) is 22.4 Å². The van der Waals surface area contributed by atoms with Crippen molar-refractivity contribution in [2.75, 3.05) is 5.32 Å². The van der Waals surface area contributed by atoms with Crippen LogP contribution in [0.5, 0.6) is 0 Å². The van der Waals surface area contributed by atoms with Crippen LogP contribution in [0.25, 0.3) is 121 Å². The minimum absolute atomic E-state index is 0.121. The van der Waals surface area contributed by atoms with Crippen molar-refractivity contribution in [3.05, 3.63) is 126 Å². The highest BCUT2D eigenvalue weighted by atomic mass is 32.1. The number of hydrogen-bond acceptors (Lipinski definition) is 11. The molecule has 0 radical (unpaired) electrons. The molecule has 0 aliphatic heterocycles. The Kier molecular flexibility index (Phi) is 9.80. The third kappa shape index (κ3) is 7.17. The lowest BCUT2D eigenvalue weighted by Crippen LogP contribution is -2.13. The van der Waals surface area contributed by atoms with Gasteiger partial charge in [-0.05, 0) is 84.1 Å². The van der Waals surface area contributed by atoms with Crippen LogP contribution < -0.4 is 5.32 Å². The normalized spacial score (nSPS) is 11.9. The number of fused-ring (bicyclic) bond motifs is 4. The summed E-state index contributed by atoms with van der Waals surface area (Å²) in [5, 5.41) is 19.7. The molecule has 0 aliphatic rings. The number of thiophene rings is 2. The monoisotopic (exact) mass is 935 g/mol. The van der Waals surface area contributed by atoms with Crippen molar-refractivity contribution in [1.29, 1.82) is 0 Å². The highest BCUT2D eigenvalue weighted by Gasteiger charge is 2.25. The number of anilines is 1. The zero-order valence-corrected chi connectivity index (χ0v) is 37.9. The van der Waals surface area contributed by atoms with E-state index in [0.29, 0.717) is 106 Å². The first-order chi connectivity index (χ1) is 33.1. The highest BCUT2D eigenvalue weighted by Crippen LogP contribution is 2.46. The van der Waals surface area contributed by atoms with Crippen molar-refractivity contribution >= 4 is 78.1 Å². The van der Waals surface area contributed by atoms with E-state index in [1.807, 2.05) is 56.4 Å². The molecule has 12 rings (SSSR count). The summed E-state index contributed by atoms with van der Waals surface area (Å²) >= 11 is 2.00. The largest absolute Gasteiger partial charge is 0.335 e. The summed E-state index contributed by atoms with van der Waals surface area (Å²) in [4.78, 5) is 48.9. The van der Waals surface area contributed by atoms with E-state index in [0.717, 1.165) is 55.8 Å². The molecule has 0 saturated heterocycles. The maximum atomic E-state index is 16.1. The van der Waals surface area contributed by atoms with Gasteiger partial charge in [-0.15, -0.1) is 22.7 Å². The van der Waals surface area contributed by atoms with Gasteiger partial charge in [0.15, 0.2) is 21.9 Å². The Labute approximate surface area is 392 Å². The molecule has 0 saturated carbocycles. The Hall–Kier alpha value is -8.35. The number of aromatic nitrogens is 12. The maximum absolute atomic E-state index is 16.1. The summed E-state index contributed by atoms with van der Waals surface area (Å²) in [7, 11) is 0. The van der Waals surface area contributed by atoms with Gasteiger partial charge in [0.2, 0.25) is 5.91 Å². The lowest BCUT2D eigenvalue weighted by atomic mass is 9.95. The van der Waals surface area contributed by atoms with Crippen LogP contribution in [0.1, 0.15) is 25.8 Å². The van der Waals surface area contributed by atoms with Crippen molar-refractivity contribution in [1.82, 2.24) is 60.3 Å². The number of amides is 1. The van der Waals surface area contributed by atoms with Crippen LogP contribution in [0, 0.1) is 23.1 Å². The summed E-state index contributed by atoms with van der Waals surface area (Å²) in [5.41, 5.74) is 12.6. The van der Waals surface area contributed by atoms with Crippen molar-refractivity contribution in [2.45, 2.75) is 27.2 Å². The van der Waals surface area contributed by atoms with Crippen LogP contribution in [0.2, 0.25) is 0 Å². The van der Waals surface area contributed by atoms with Gasteiger partial charge >= 0.3 is 0 Å². The van der Waals surface area contributed by atoms with Gasteiger partial charge in [-0.3, -0.25) is 34.9 Å². The van der Waals surface area contributed by atoms with Gasteiger partial charge in [0.25, 0.3) is 0 Å². The fraction of sp³-hybridized carbons (Fsp3) is 0.100. The second kappa shape index (κ2) is 16.2. The zero-order chi connectivity index (χ0) is 46.2. The lowest BCUT2D eigenvalue weighted by Gasteiger charge is -2.11. The van der Waals surface area contributed by atoms with Crippen LogP contribution in [0.15, 0.2) is 110 Å². The molecule has 10 heterocycles. The molecule has 2 aromatic carbocycles. The number of hydrogen-bond donors (Lipinski definition) is 5. The van der Waals surface area contributed by atoms with Gasteiger partial charge < -0.3 is 15.3 Å². The van der Waals surface area contributed by atoms with Crippen LogP contribution in [-0.4, -0.2) is 66.2 Å². The molecule has 0 unspecified atom stereocenters. The number of pyridine rings is 4. The standard InChI is InChI=1S/C50H35F2N13OS2/c1-23(2)10-42(66)57-28-11-27(16-54-17-28)26-13-29(43-32(14-26)47(65-63-43)50-58-37-21-55-19-34(44(37)60-50)39-6-7-40(51)67-39)30-15-41(52)68-48(30)35-20-56-22-38-45(35)61-49(59-38)46-31-12-25(4-5-36(31)62-64-46)33-18-53-9-8-24(33)3/h4-9,11-23H,10H2,1-3H3,(H,57,66)(H,58,60)(H,59,61)(H,62,64)(H,63,65). The Morgan fingerprint density at radius 2 is 1.35 bits per heavy atom. The molecule has 0 aliphatic carbocycles. The second-order valence-corrected chi connectivity index (χ2v) is 18.9. The van der Waals surface area contributed by atoms with Crippen LogP contribution in [-0.2, 0) is 4.79 Å². The summed E-state index contributed by atoms with van der Waals surface area (Å²) in [6, 6.07) is 18.5. The first-order valence-electron chi connectivity index (χ1n) is 21.5. The SMILES string of the molecule is Cc1ccncc1-c1ccc2[nH]nc(-c3nc4c(-c5sc(F)cc5-c5cc(-c6cncc(NC(=O)CC(C)C)c6)cc6c(-c7nc8c(-c9ccc(F)s9)cncc8[nH]7)n[nH]c56)cncc4[nH]3)c2c1. The predicted molar refractivity (Wildman–Crippen MR) is 263 cm³/mol. The Morgan fingerprint density at radius 3 is 2.12 bits per heavy atom. The quantitative estimate of drug-likeness (QED) is 0.0886. The molecule has 0 atom stereocenters. The van der Waals surface area contributed by atoms with Gasteiger partial charge in [-0.25, -0.2) is 9.97 Å². The smallest absolute Gasteiger partial charge is 0.224 e. The molecular formula is C50H35F2N13OS2. The van der Waals surface area contributed by atoms with E-state index in [-0.39, 0.29) is 17.0 Å². The molecular weight excluding hydrogens is 901 g/mol. The summed E-state index contributed by atoms with van der Waals surface area (Å²) in [6.07, 6.45) is 14.0. The van der Waals surface area contributed by atoms with E-state index in [1.165, 1.54) is 12.1 Å². The number of H-pyrrole nitrogens is 4. The number of rotatable bonds is 10. The minimum atomic E-state index is -0.420. The number of halogens is 2. The Bertz CT molecular complexity index is 3950. The predicted octanol–water partition coefficient (Wildman–Crippen LogP) is 12.1. The van der Waals surface area contributed by atoms with Gasteiger partial charge in [0.05, 0.1) is 46.3 Å². The molecule has 332 valence electrons. The number of imidazole rings is 2. The summed E-state index contributed by atoms with van der Waals surface area (Å²) in [6.45, 7) is 6.02. The van der Waals surface area contributed by atoms with E-state index < -0.39 is 5.13 Å². The van der Waals surface area contributed by atoms with Crippen LogP contribution in [0.3, 0.4) is 0 Å². The molecule has 14 nitrogen and oxygen atoms in total. The third-order valence-corrected chi connectivity index (χ3v) is 13.7. The van der Waals surface area contributed by atoms with E-state index in [4.69, 9.17) is 15.1 Å². The minimum Gasteiger partial charge on any atom is -0.335 e. The maximum Gasteiger partial charge on any atom is 0.224 e. The Morgan fingerprint density at radius 1 is 0.632 bits per heavy atom. The number of carbonyl (C=O) groups excluding carboxylic acids is 1. The zero-order valence-electron chi connectivity index (χ0n) is 36.2. The topological polar surface area (TPSA) is 195 Å². The number of nitrogens with one attached hydrogen (secondary N) is 5. The molecule has 5 N–H and O–H groups in total. The van der Waals surface area contributed by atoms with Crippen molar-refractivity contribution in [3.8, 4) is 77.3 Å². The first-order valence-corrected chi connectivity index (χ1v) is 23.2. The molecule has 12 aromatic rings. The average Bonchev–Trinajstić information content (AvgIpc) is 4.20. The van der Waals surface area contributed by atoms with E-state index >= 15 is 4.39 Å². The molecule has 68 heavy (non-hydrogen) atoms. The Balaban J connectivity index is 1.01. The number of nitrogens with zero attached hydrogens (tertiary/aromatic N) is 8. The summed E-state index contributed by atoms with van der Waals surface area (Å²) < 4.78 is 30.3. The van der Waals surface area contributed by atoms with Crippen LogP contribution in [0.4, 0.5) is 14.5 Å². The first kappa shape index (κ1) is 41.1. The molecule has 0 fully saturated rings. The number of aromatic amines is 4. The fourth-order valence-corrected chi connectivity index (χ4v) is 10.4. The third-order valence-electron chi connectivity index (χ3n) is 11.8.